The van der Waals surface area contributed by atoms with Gasteiger partial charge in [0.1, 0.15) is 17.3 Å². The van der Waals surface area contributed by atoms with Crippen molar-refractivity contribution in [3.63, 3.8) is 0 Å². The summed E-state index contributed by atoms with van der Waals surface area (Å²) in [7, 11) is 1.64. The van der Waals surface area contributed by atoms with Crippen molar-refractivity contribution >= 4 is 6.09 Å². The number of carbonyl (C=O) groups is 1. The summed E-state index contributed by atoms with van der Waals surface area (Å²) in [5.74, 6) is -0.660. The number of nitrogens with zero attached hydrogens (tertiary/aromatic N) is 1. The van der Waals surface area contributed by atoms with Gasteiger partial charge in [-0.2, -0.15) is 0 Å². The molecule has 1 N–H and O–H groups in total. The summed E-state index contributed by atoms with van der Waals surface area (Å²) in [5, 5.41) is 11.7. The molecule has 2 aliphatic carbocycles. The second kappa shape index (κ2) is 8.65. The maximum absolute atomic E-state index is 13.3. The van der Waals surface area contributed by atoms with E-state index in [1.54, 1.807) is 7.11 Å². The molecule has 0 aromatic heterocycles. The van der Waals surface area contributed by atoms with Crippen LogP contribution in [0.1, 0.15) is 92.9 Å². The summed E-state index contributed by atoms with van der Waals surface area (Å²) in [6.07, 6.45) is 6.93. The topological polar surface area (TPSA) is 77.5 Å². The van der Waals surface area contributed by atoms with E-state index in [0.717, 1.165) is 19.3 Å². The lowest BCUT2D eigenvalue weighted by atomic mass is 9.73. The Kier molecular flexibility index (Phi) is 6.61. The minimum absolute atomic E-state index is 0.240. The van der Waals surface area contributed by atoms with Crippen LogP contribution in [-0.4, -0.2) is 70.6 Å². The zero-order valence-corrected chi connectivity index (χ0v) is 21.7. The van der Waals surface area contributed by atoms with Crippen LogP contribution in [0.15, 0.2) is 0 Å². The number of methoxy groups -OCH3 is 1. The van der Waals surface area contributed by atoms with Crippen molar-refractivity contribution in [3.8, 4) is 0 Å². The van der Waals surface area contributed by atoms with Crippen LogP contribution in [0.5, 0.6) is 0 Å². The van der Waals surface area contributed by atoms with E-state index in [1.165, 1.54) is 32.1 Å². The monoisotopic (exact) mass is 467 g/mol. The van der Waals surface area contributed by atoms with Crippen LogP contribution in [0.4, 0.5) is 4.79 Å². The number of carbonyl (C=O) groups excluding carboxylic acids is 1. The number of rotatable bonds is 4. The van der Waals surface area contributed by atoms with Crippen LogP contribution in [0.2, 0.25) is 0 Å². The zero-order valence-electron chi connectivity index (χ0n) is 21.7. The van der Waals surface area contributed by atoms with Crippen molar-refractivity contribution < 1.29 is 28.8 Å². The molecular formula is C26H45NO6. The lowest BCUT2D eigenvalue weighted by Gasteiger charge is -2.59. The number of likely N-dealkylation sites (tertiary alicyclic amines) is 1. The Balaban J connectivity index is 1.66. The average molecular weight is 468 g/mol. The van der Waals surface area contributed by atoms with Crippen molar-refractivity contribution in [2.75, 3.05) is 13.7 Å². The van der Waals surface area contributed by atoms with Crippen molar-refractivity contribution in [1.29, 1.82) is 0 Å². The lowest BCUT2D eigenvalue weighted by molar-refractivity contribution is -0.400. The minimum atomic E-state index is -0.943. The van der Waals surface area contributed by atoms with Crippen LogP contribution in [-0.2, 0) is 18.9 Å². The summed E-state index contributed by atoms with van der Waals surface area (Å²) in [4.78, 5) is 15.2. The molecule has 5 atom stereocenters. The Morgan fingerprint density at radius 1 is 1.12 bits per heavy atom. The fraction of sp³-hybridized carbons (Fsp3) is 0.962. The first-order valence-corrected chi connectivity index (χ1v) is 12.9. The van der Waals surface area contributed by atoms with Crippen LogP contribution in [0.3, 0.4) is 0 Å². The first-order chi connectivity index (χ1) is 15.3. The third-order valence-electron chi connectivity index (χ3n) is 8.62. The highest BCUT2D eigenvalue weighted by atomic mass is 16.7. The number of ether oxygens (including phenoxy) is 4. The molecule has 0 bridgehead atoms. The van der Waals surface area contributed by atoms with Crippen molar-refractivity contribution in [2.45, 2.75) is 134 Å². The molecule has 33 heavy (non-hydrogen) atoms. The first-order valence-electron chi connectivity index (χ1n) is 12.9. The van der Waals surface area contributed by atoms with Gasteiger partial charge < -0.3 is 24.1 Å². The Morgan fingerprint density at radius 2 is 1.76 bits per heavy atom. The molecular weight excluding hydrogens is 422 g/mol. The average Bonchev–Trinajstić information content (AvgIpc) is 3.48. The van der Waals surface area contributed by atoms with Gasteiger partial charge in [-0.3, -0.25) is 4.90 Å². The van der Waals surface area contributed by atoms with Gasteiger partial charge in [-0.1, -0.05) is 32.1 Å². The largest absolute Gasteiger partial charge is 0.444 e. The van der Waals surface area contributed by atoms with E-state index >= 15 is 0 Å². The molecule has 1 amide bonds. The van der Waals surface area contributed by atoms with Gasteiger partial charge in [-0.05, 0) is 66.7 Å². The molecule has 1 unspecified atom stereocenters. The Morgan fingerprint density at radius 3 is 2.30 bits per heavy atom. The molecule has 0 aromatic rings. The predicted molar refractivity (Wildman–Crippen MR) is 125 cm³/mol. The van der Waals surface area contributed by atoms with Gasteiger partial charge in [-0.25, -0.2) is 4.79 Å². The van der Waals surface area contributed by atoms with Gasteiger partial charge in [0, 0.05) is 13.0 Å². The van der Waals surface area contributed by atoms with Gasteiger partial charge in [0.05, 0.1) is 24.3 Å². The molecule has 2 heterocycles. The molecule has 7 heteroatoms. The van der Waals surface area contributed by atoms with E-state index in [0.29, 0.717) is 12.5 Å². The summed E-state index contributed by atoms with van der Waals surface area (Å²) in [5.41, 5.74) is -1.75. The van der Waals surface area contributed by atoms with Gasteiger partial charge in [0.2, 0.25) is 0 Å². The number of piperidine rings is 1. The minimum Gasteiger partial charge on any atom is -0.444 e. The molecule has 4 rings (SSSR count). The Bertz CT molecular complexity index is 723. The molecule has 7 nitrogen and oxygen atoms in total. The van der Waals surface area contributed by atoms with Crippen molar-refractivity contribution in [1.82, 2.24) is 4.90 Å². The maximum Gasteiger partial charge on any atom is 0.410 e. The van der Waals surface area contributed by atoms with Crippen molar-refractivity contribution in [2.24, 2.45) is 11.8 Å². The smallest absolute Gasteiger partial charge is 0.410 e. The highest BCUT2D eigenvalue weighted by molar-refractivity contribution is 5.70. The van der Waals surface area contributed by atoms with E-state index in [1.807, 2.05) is 46.4 Å². The predicted octanol–water partition coefficient (Wildman–Crippen LogP) is 4.64. The standard InChI is InChI=1S/C26H45NO6/c1-23(2,3)33-22(29)27-16-19-21(32-25(6,30-7)24(4,5)31-19)20(26(27)13-14-26)18(28)15-17-11-9-8-10-12-17/h17-21,28H,8-16H2,1-7H3/t18?,19-,20-,21+,25+/m1/s1. The van der Waals surface area contributed by atoms with Crippen LogP contribution in [0.25, 0.3) is 0 Å². The van der Waals surface area contributed by atoms with Gasteiger partial charge in [0.15, 0.2) is 5.79 Å². The maximum atomic E-state index is 13.3. The summed E-state index contributed by atoms with van der Waals surface area (Å²) >= 11 is 0. The van der Waals surface area contributed by atoms with Gasteiger partial charge in [0.25, 0.3) is 0 Å². The number of aliphatic hydroxyl groups is 1. The molecule has 2 saturated heterocycles. The fourth-order valence-corrected chi connectivity index (χ4v) is 6.41. The third-order valence-corrected chi connectivity index (χ3v) is 8.62. The van der Waals surface area contributed by atoms with E-state index in [4.69, 9.17) is 18.9 Å². The number of hydrogen-bond donors (Lipinski definition) is 1. The molecule has 0 radical (unpaired) electrons. The molecule has 4 aliphatic rings. The fourth-order valence-electron chi connectivity index (χ4n) is 6.41. The van der Waals surface area contributed by atoms with Crippen molar-refractivity contribution in [3.05, 3.63) is 0 Å². The van der Waals surface area contributed by atoms with Crippen LogP contribution in [0, 0.1) is 11.8 Å². The molecule has 0 aromatic carbocycles. The molecule has 2 aliphatic heterocycles. The van der Waals surface area contributed by atoms with Gasteiger partial charge >= 0.3 is 6.09 Å². The van der Waals surface area contributed by atoms with E-state index < -0.39 is 28.6 Å². The van der Waals surface area contributed by atoms with E-state index in [9.17, 15) is 9.90 Å². The Hall–Kier alpha value is -0.890. The first kappa shape index (κ1) is 25.2. The van der Waals surface area contributed by atoms with Crippen LogP contribution < -0.4 is 0 Å². The highest BCUT2D eigenvalue weighted by Crippen LogP contribution is 2.58. The number of fused-ring (bicyclic) bond motifs is 1. The SMILES string of the molecule is CO[C@@]1(C)O[C@@H]2[C@@H](C(O)CC3CCCCC3)C3(CC3)N(C(=O)OC(C)(C)C)C[C@H]2OC1(C)C. The lowest BCUT2D eigenvalue weighted by Crippen LogP contribution is -2.73. The molecule has 2 saturated carbocycles. The number of amides is 1. The number of hydrogen-bond acceptors (Lipinski definition) is 6. The van der Waals surface area contributed by atoms with Gasteiger partial charge in [-0.15, -0.1) is 0 Å². The van der Waals surface area contributed by atoms with Crippen LogP contribution >= 0.6 is 0 Å². The Labute approximate surface area is 199 Å². The zero-order chi connectivity index (χ0) is 24.2. The summed E-state index contributed by atoms with van der Waals surface area (Å²) in [6, 6.07) is 0. The third kappa shape index (κ3) is 4.67. The van der Waals surface area contributed by atoms with E-state index in [-0.39, 0.29) is 24.2 Å². The molecule has 190 valence electrons. The second-order valence-electron chi connectivity index (χ2n) is 12.4. The molecule has 4 fully saturated rings. The highest BCUT2D eigenvalue weighted by Gasteiger charge is 2.69. The summed E-state index contributed by atoms with van der Waals surface area (Å²) in [6.45, 7) is 11.9. The molecule has 1 spiro atoms. The normalized spacial score (nSPS) is 36.8. The quantitative estimate of drug-likeness (QED) is 0.649. The second-order valence-corrected chi connectivity index (χ2v) is 12.4. The van der Waals surface area contributed by atoms with E-state index in [2.05, 4.69) is 0 Å². The number of aliphatic hydroxyl groups excluding tert-OH is 1. The summed E-state index contributed by atoms with van der Waals surface area (Å²) < 4.78 is 24.9.